The summed E-state index contributed by atoms with van der Waals surface area (Å²) >= 11 is 0. The van der Waals surface area contributed by atoms with E-state index >= 15 is 0 Å². The molecule has 0 saturated heterocycles. The van der Waals surface area contributed by atoms with Crippen LogP contribution < -0.4 is 5.32 Å². The van der Waals surface area contributed by atoms with Crippen LogP contribution in [0.2, 0.25) is 0 Å². The Morgan fingerprint density at radius 1 is 1.29 bits per heavy atom. The van der Waals surface area contributed by atoms with Gasteiger partial charge in [-0.3, -0.25) is 4.79 Å². The van der Waals surface area contributed by atoms with E-state index in [1.54, 1.807) is 13.8 Å². The fraction of sp³-hybridized carbons (Fsp3) is 0.833. The molecule has 100 valence electrons. The number of carboxylic acid groups (broad SMARTS) is 1. The molecule has 0 aromatic rings. The predicted molar refractivity (Wildman–Crippen MR) is 64.9 cm³/mol. The third-order valence-electron chi connectivity index (χ3n) is 2.43. The molecule has 0 aliphatic carbocycles. The first-order valence-corrected chi connectivity index (χ1v) is 5.89. The average molecular weight is 245 g/mol. The van der Waals surface area contributed by atoms with Crippen molar-refractivity contribution >= 4 is 12.1 Å². The van der Waals surface area contributed by atoms with Gasteiger partial charge in [0.2, 0.25) is 0 Å². The van der Waals surface area contributed by atoms with Gasteiger partial charge in [0.05, 0.1) is 6.10 Å². The minimum Gasteiger partial charge on any atom is -0.481 e. The molecule has 2 N–H and O–H groups in total. The Balaban J connectivity index is 3.78. The molecule has 5 nitrogen and oxygen atoms in total. The quantitative estimate of drug-likeness (QED) is 0.722. The van der Waals surface area contributed by atoms with E-state index in [1.807, 2.05) is 13.8 Å². The highest BCUT2D eigenvalue weighted by atomic mass is 16.6. The summed E-state index contributed by atoms with van der Waals surface area (Å²) in [5.41, 5.74) is -0.0937. The highest BCUT2D eigenvalue weighted by molar-refractivity contribution is 5.67. The van der Waals surface area contributed by atoms with Gasteiger partial charge in [-0.05, 0) is 32.1 Å². The lowest BCUT2D eigenvalue weighted by Gasteiger charge is -2.23. The Hall–Kier alpha value is -1.26. The molecule has 0 unspecified atom stereocenters. The first-order chi connectivity index (χ1) is 7.73. The normalized spacial score (nSPS) is 11.4. The minimum absolute atomic E-state index is 0.0937. The second-order valence-corrected chi connectivity index (χ2v) is 5.19. The number of nitrogens with one attached hydrogen (secondary N) is 1. The van der Waals surface area contributed by atoms with E-state index in [2.05, 4.69) is 5.32 Å². The van der Waals surface area contributed by atoms with Crippen LogP contribution in [0.4, 0.5) is 4.79 Å². The number of carbonyl (C=O) groups excluding carboxylic acids is 1. The molecular formula is C12H23NO4. The summed E-state index contributed by atoms with van der Waals surface area (Å²) in [6.45, 7) is 8.06. The molecular weight excluding hydrogens is 222 g/mol. The van der Waals surface area contributed by atoms with Gasteiger partial charge in [0.15, 0.2) is 0 Å². The maximum atomic E-state index is 11.2. The van der Waals surface area contributed by atoms with Gasteiger partial charge in [-0.15, -0.1) is 0 Å². The van der Waals surface area contributed by atoms with Crippen LogP contribution in [0.25, 0.3) is 0 Å². The van der Waals surface area contributed by atoms with Crippen molar-refractivity contribution in [3.63, 3.8) is 0 Å². The first kappa shape index (κ1) is 15.7. The molecule has 0 spiro atoms. The summed E-state index contributed by atoms with van der Waals surface area (Å²) in [6, 6.07) is 0. The Morgan fingerprint density at radius 3 is 2.35 bits per heavy atom. The molecule has 1 amide bonds. The fourth-order valence-electron chi connectivity index (χ4n) is 1.33. The van der Waals surface area contributed by atoms with Crippen LogP contribution in [0.15, 0.2) is 0 Å². The van der Waals surface area contributed by atoms with Crippen molar-refractivity contribution in [1.82, 2.24) is 5.32 Å². The monoisotopic (exact) mass is 245 g/mol. The summed E-state index contributed by atoms with van der Waals surface area (Å²) in [5, 5.41) is 11.2. The van der Waals surface area contributed by atoms with Crippen molar-refractivity contribution in [3.8, 4) is 0 Å². The average Bonchev–Trinajstić information content (AvgIpc) is 2.13. The largest absolute Gasteiger partial charge is 0.481 e. The highest BCUT2D eigenvalue weighted by Crippen LogP contribution is 2.25. The lowest BCUT2D eigenvalue weighted by Crippen LogP contribution is -2.30. The van der Waals surface area contributed by atoms with Gasteiger partial charge in [0.1, 0.15) is 0 Å². The van der Waals surface area contributed by atoms with E-state index in [9.17, 15) is 9.59 Å². The van der Waals surface area contributed by atoms with Crippen molar-refractivity contribution in [2.24, 2.45) is 5.41 Å². The Labute approximate surface area is 103 Å². The number of rotatable bonds is 7. The number of carboxylic acids is 1. The van der Waals surface area contributed by atoms with E-state index in [-0.39, 0.29) is 17.9 Å². The zero-order valence-electron chi connectivity index (χ0n) is 11.1. The van der Waals surface area contributed by atoms with E-state index in [4.69, 9.17) is 9.84 Å². The molecule has 0 aliphatic rings. The standard InChI is InChI=1S/C12H23NO4/c1-9(2)17-11(16)13-8-7-12(3,4)6-5-10(14)15/h9H,5-8H2,1-4H3,(H,13,16)(H,14,15). The number of ether oxygens (including phenoxy) is 1. The summed E-state index contributed by atoms with van der Waals surface area (Å²) in [5.74, 6) is -0.787. The van der Waals surface area contributed by atoms with Gasteiger partial charge in [-0.25, -0.2) is 4.79 Å². The van der Waals surface area contributed by atoms with E-state index in [0.717, 1.165) is 6.42 Å². The third-order valence-corrected chi connectivity index (χ3v) is 2.43. The zero-order chi connectivity index (χ0) is 13.5. The van der Waals surface area contributed by atoms with Gasteiger partial charge < -0.3 is 15.2 Å². The number of hydrogen-bond acceptors (Lipinski definition) is 3. The number of amides is 1. The molecule has 0 saturated carbocycles. The highest BCUT2D eigenvalue weighted by Gasteiger charge is 2.19. The zero-order valence-corrected chi connectivity index (χ0v) is 11.1. The number of alkyl carbamates (subject to hydrolysis) is 1. The number of aliphatic carboxylic acids is 1. The van der Waals surface area contributed by atoms with Crippen LogP contribution in [0.3, 0.4) is 0 Å². The van der Waals surface area contributed by atoms with Crippen LogP contribution in [-0.4, -0.2) is 29.8 Å². The smallest absolute Gasteiger partial charge is 0.407 e. The molecule has 0 bridgehead atoms. The molecule has 0 aliphatic heterocycles. The molecule has 0 fully saturated rings. The van der Waals surface area contributed by atoms with Crippen LogP contribution >= 0.6 is 0 Å². The van der Waals surface area contributed by atoms with E-state index in [0.29, 0.717) is 13.0 Å². The number of hydrogen-bond donors (Lipinski definition) is 2. The summed E-state index contributed by atoms with van der Waals surface area (Å²) in [4.78, 5) is 21.6. The second kappa shape index (κ2) is 7.14. The lowest BCUT2D eigenvalue weighted by atomic mass is 9.84. The maximum absolute atomic E-state index is 11.2. The number of carbonyl (C=O) groups is 2. The lowest BCUT2D eigenvalue weighted by molar-refractivity contribution is -0.137. The maximum Gasteiger partial charge on any atom is 0.407 e. The van der Waals surface area contributed by atoms with Crippen molar-refractivity contribution in [1.29, 1.82) is 0 Å². The first-order valence-electron chi connectivity index (χ1n) is 5.89. The van der Waals surface area contributed by atoms with Crippen molar-refractivity contribution in [3.05, 3.63) is 0 Å². The molecule has 5 heteroatoms. The van der Waals surface area contributed by atoms with Crippen LogP contribution in [0.1, 0.15) is 47.0 Å². The minimum atomic E-state index is -0.787. The predicted octanol–water partition coefficient (Wildman–Crippen LogP) is 2.40. The van der Waals surface area contributed by atoms with Crippen LogP contribution in [0, 0.1) is 5.41 Å². The molecule has 0 heterocycles. The summed E-state index contributed by atoms with van der Waals surface area (Å²) in [6.07, 6.45) is 0.934. The van der Waals surface area contributed by atoms with Gasteiger partial charge in [0.25, 0.3) is 0 Å². The second-order valence-electron chi connectivity index (χ2n) is 5.19. The topological polar surface area (TPSA) is 75.6 Å². The summed E-state index contributed by atoms with van der Waals surface area (Å²) in [7, 11) is 0. The van der Waals surface area contributed by atoms with Gasteiger partial charge >= 0.3 is 12.1 Å². The van der Waals surface area contributed by atoms with Crippen LogP contribution in [-0.2, 0) is 9.53 Å². The molecule has 0 aromatic carbocycles. The van der Waals surface area contributed by atoms with Crippen molar-refractivity contribution < 1.29 is 19.4 Å². The van der Waals surface area contributed by atoms with Crippen molar-refractivity contribution in [2.45, 2.75) is 53.1 Å². The molecule has 0 aromatic heterocycles. The van der Waals surface area contributed by atoms with Crippen LogP contribution in [0.5, 0.6) is 0 Å². The van der Waals surface area contributed by atoms with E-state index < -0.39 is 12.1 Å². The molecule has 0 rings (SSSR count). The Kier molecular flexibility index (Phi) is 6.61. The summed E-state index contributed by atoms with van der Waals surface area (Å²) < 4.78 is 4.92. The van der Waals surface area contributed by atoms with Gasteiger partial charge in [-0.1, -0.05) is 13.8 Å². The Morgan fingerprint density at radius 2 is 1.88 bits per heavy atom. The van der Waals surface area contributed by atoms with E-state index in [1.165, 1.54) is 0 Å². The van der Waals surface area contributed by atoms with Gasteiger partial charge in [0, 0.05) is 13.0 Å². The van der Waals surface area contributed by atoms with Crippen molar-refractivity contribution in [2.75, 3.05) is 6.54 Å². The van der Waals surface area contributed by atoms with Gasteiger partial charge in [-0.2, -0.15) is 0 Å². The molecule has 17 heavy (non-hydrogen) atoms. The fourth-order valence-corrected chi connectivity index (χ4v) is 1.33. The Bertz CT molecular complexity index is 261. The molecule has 0 radical (unpaired) electrons. The SMILES string of the molecule is CC(C)OC(=O)NCCC(C)(C)CCC(=O)O. The molecule has 0 atom stereocenters. The third kappa shape index (κ3) is 9.66.